The normalized spacial score (nSPS) is 10.4. The third-order valence-electron chi connectivity index (χ3n) is 2.61. The molecule has 0 aliphatic rings. The summed E-state index contributed by atoms with van der Waals surface area (Å²) in [7, 11) is 0. The number of halogens is 1. The standard InChI is InChI=1S/C14H15BrN2OS/c1-10-4-2-6-13(16-10)17-14(18)7-3-5-11-8-9-12(15)19-11/h2,4,6,8-9H,3,5,7H2,1H3,(H,16,17,18). The molecule has 0 radical (unpaired) electrons. The number of nitrogens with zero attached hydrogens (tertiary/aromatic N) is 1. The van der Waals surface area contributed by atoms with Crippen LogP contribution in [-0.2, 0) is 11.2 Å². The first-order valence-electron chi connectivity index (χ1n) is 6.11. The summed E-state index contributed by atoms with van der Waals surface area (Å²) >= 11 is 5.15. The maximum atomic E-state index is 11.8. The minimum absolute atomic E-state index is 0.0220. The first-order chi connectivity index (χ1) is 9.13. The fourth-order valence-electron chi connectivity index (χ4n) is 1.73. The summed E-state index contributed by atoms with van der Waals surface area (Å²) < 4.78 is 1.14. The lowest BCUT2D eigenvalue weighted by atomic mass is 10.2. The molecule has 0 fully saturated rings. The van der Waals surface area contributed by atoms with Crippen LogP contribution in [0.25, 0.3) is 0 Å². The molecule has 2 aromatic rings. The second kappa shape index (κ2) is 6.82. The molecule has 0 spiro atoms. The Hall–Kier alpha value is -1.20. The van der Waals surface area contributed by atoms with Crippen LogP contribution >= 0.6 is 27.3 Å². The SMILES string of the molecule is Cc1cccc(NC(=O)CCCc2ccc(Br)s2)n1. The molecule has 2 heterocycles. The molecular formula is C14H15BrN2OS. The molecule has 0 saturated carbocycles. The van der Waals surface area contributed by atoms with E-state index in [0.29, 0.717) is 12.2 Å². The summed E-state index contributed by atoms with van der Waals surface area (Å²) in [6.07, 6.45) is 2.31. The second-order valence-electron chi connectivity index (χ2n) is 4.27. The van der Waals surface area contributed by atoms with Crippen LogP contribution in [0.5, 0.6) is 0 Å². The smallest absolute Gasteiger partial charge is 0.225 e. The highest BCUT2D eigenvalue weighted by atomic mass is 79.9. The molecule has 0 aliphatic heterocycles. The predicted octanol–water partition coefficient (Wildman–Crippen LogP) is 4.18. The van der Waals surface area contributed by atoms with Gasteiger partial charge in [0.05, 0.1) is 3.79 Å². The van der Waals surface area contributed by atoms with Gasteiger partial charge in [0, 0.05) is 17.0 Å². The fourth-order valence-corrected chi connectivity index (χ4v) is 3.25. The third-order valence-corrected chi connectivity index (χ3v) is 4.30. The zero-order valence-corrected chi connectivity index (χ0v) is 13.1. The number of hydrogen-bond donors (Lipinski definition) is 1. The van der Waals surface area contributed by atoms with Crippen molar-refractivity contribution in [1.82, 2.24) is 4.98 Å². The summed E-state index contributed by atoms with van der Waals surface area (Å²) in [5.41, 5.74) is 0.904. The van der Waals surface area contributed by atoms with Crippen LogP contribution in [0.1, 0.15) is 23.4 Å². The van der Waals surface area contributed by atoms with Gasteiger partial charge in [0.1, 0.15) is 5.82 Å². The van der Waals surface area contributed by atoms with Gasteiger partial charge in [-0.05, 0) is 60.0 Å². The van der Waals surface area contributed by atoms with Crippen LogP contribution in [0, 0.1) is 6.92 Å². The number of aromatic nitrogens is 1. The molecule has 1 amide bonds. The van der Waals surface area contributed by atoms with Gasteiger partial charge in [0.25, 0.3) is 0 Å². The van der Waals surface area contributed by atoms with E-state index in [1.807, 2.05) is 25.1 Å². The molecule has 5 heteroatoms. The summed E-state index contributed by atoms with van der Waals surface area (Å²) in [4.78, 5) is 17.3. The van der Waals surface area contributed by atoms with Crippen LogP contribution < -0.4 is 5.32 Å². The minimum Gasteiger partial charge on any atom is -0.311 e. The Kier molecular flexibility index (Phi) is 5.10. The van der Waals surface area contributed by atoms with Crippen molar-refractivity contribution < 1.29 is 4.79 Å². The van der Waals surface area contributed by atoms with E-state index in [9.17, 15) is 4.79 Å². The average Bonchev–Trinajstić information content (AvgIpc) is 2.75. The lowest BCUT2D eigenvalue weighted by Gasteiger charge is -2.04. The van der Waals surface area contributed by atoms with Crippen LogP contribution in [0.4, 0.5) is 5.82 Å². The van der Waals surface area contributed by atoms with E-state index in [2.05, 4.69) is 32.3 Å². The second-order valence-corrected chi connectivity index (χ2v) is 6.82. The molecule has 0 unspecified atom stereocenters. The monoisotopic (exact) mass is 338 g/mol. The molecule has 1 N–H and O–H groups in total. The van der Waals surface area contributed by atoms with E-state index in [0.717, 1.165) is 22.3 Å². The molecule has 0 saturated heterocycles. The van der Waals surface area contributed by atoms with Gasteiger partial charge >= 0.3 is 0 Å². The van der Waals surface area contributed by atoms with E-state index < -0.39 is 0 Å². The Morgan fingerprint density at radius 2 is 2.21 bits per heavy atom. The molecule has 19 heavy (non-hydrogen) atoms. The predicted molar refractivity (Wildman–Crippen MR) is 82.6 cm³/mol. The average molecular weight is 339 g/mol. The van der Waals surface area contributed by atoms with Gasteiger partial charge in [0.2, 0.25) is 5.91 Å². The Bertz CT molecular complexity index is 568. The number of hydrogen-bond acceptors (Lipinski definition) is 3. The molecular weight excluding hydrogens is 324 g/mol. The Morgan fingerprint density at radius 1 is 1.37 bits per heavy atom. The van der Waals surface area contributed by atoms with Gasteiger partial charge in [-0.25, -0.2) is 4.98 Å². The highest BCUT2D eigenvalue weighted by Gasteiger charge is 2.04. The first-order valence-corrected chi connectivity index (χ1v) is 7.72. The fraction of sp³-hybridized carbons (Fsp3) is 0.286. The van der Waals surface area contributed by atoms with Gasteiger partial charge in [0.15, 0.2) is 0 Å². The molecule has 100 valence electrons. The number of aryl methyl sites for hydroxylation is 2. The molecule has 0 aromatic carbocycles. The van der Waals surface area contributed by atoms with Gasteiger partial charge in [-0.1, -0.05) is 6.07 Å². The van der Waals surface area contributed by atoms with Crippen LogP contribution in [-0.4, -0.2) is 10.9 Å². The third kappa shape index (κ3) is 4.76. The van der Waals surface area contributed by atoms with Crippen molar-refractivity contribution in [3.63, 3.8) is 0 Å². The van der Waals surface area contributed by atoms with Crippen molar-refractivity contribution >= 4 is 39.0 Å². The number of amides is 1. The van der Waals surface area contributed by atoms with E-state index in [-0.39, 0.29) is 5.91 Å². The van der Waals surface area contributed by atoms with E-state index in [1.165, 1.54) is 4.88 Å². The molecule has 0 bridgehead atoms. The molecule has 0 atom stereocenters. The lowest BCUT2D eigenvalue weighted by Crippen LogP contribution is -2.12. The number of carbonyl (C=O) groups is 1. The Labute approximate surface area is 125 Å². The van der Waals surface area contributed by atoms with Gasteiger partial charge in [-0.15, -0.1) is 11.3 Å². The number of carbonyl (C=O) groups excluding carboxylic acids is 1. The van der Waals surface area contributed by atoms with Crippen molar-refractivity contribution in [2.75, 3.05) is 5.32 Å². The number of pyridine rings is 1. The molecule has 0 aliphatic carbocycles. The van der Waals surface area contributed by atoms with Gasteiger partial charge < -0.3 is 5.32 Å². The van der Waals surface area contributed by atoms with Crippen molar-refractivity contribution in [3.05, 3.63) is 44.7 Å². The van der Waals surface area contributed by atoms with Crippen molar-refractivity contribution in [2.24, 2.45) is 0 Å². The van der Waals surface area contributed by atoms with Crippen molar-refractivity contribution in [1.29, 1.82) is 0 Å². The highest BCUT2D eigenvalue weighted by molar-refractivity contribution is 9.11. The number of anilines is 1. The van der Waals surface area contributed by atoms with Crippen LogP contribution in [0.3, 0.4) is 0 Å². The zero-order valence-electron chi connectivity index (χ0n) is 10.6. The summed E-state index contributed by atoms with van der Waals surface area (Å²) in [5, 5.41) is 2.82. The molecule has 2 aromatic heterocycles. The van der Waals surface area contributed by atoms with Gasteiger partial charge in [-0.2, -0.15) is 0 Å². The summed E-state index contributed by atoms with van der Waals surface area (Å²) in [5.74, 6) is 0.651. The summed E-state index contributed by atoms with van der Waals surface area (Å²) in [6, 6.07) is 9.73. The largest absolute Gasteiger partial charge is 0.311 e. The number of rotatable bonds is 5. The quantitative estimate of drug-likeness (QED) is 0.888. The maximum absolute atomic E-state index is 11.8. The van der Waals surface area contributed by atoms with E-state index in [1.54, 1.807) is 17.4 Å². The van der Waals surface area contributed by atoms with Crippen LogP contribution in [0.15, 0.2) is 34.1 Å². The Balaban J connectivity index is 1.76. The zero-order chi connectivity index (χ0) is 13.7. The minimum atomic E-state index is 0.0220. The highest BCUT2D eigenvalue weighted by Crippen LogP contribution is 2.23. The van der Waals surface area contributed by atoms with E-state index in [4.69, 9.17) is 0 Å². The molecule has 2 rings (SSSR count). The number of thiophene rings is 1. The molecule has 3 nitrogen and oxygen atoms in total. The number of nitrogens with one attached hydrogen (secondary N) is 1. The van der Waals surface area contributed by atoms with Crippen molar-refractivity contribution in [2.45, 2.75) is 26.2 Å². The topological polar surface area (TPSA) is 42.0 Å². The van der Waals surface area contributed by atoms with Crippen molar-refractivity contribution in [3.8, 4) is 0 Å². The lowest BCUT2D eigenvalue weighted by molar-refractivity contribution is -0.116. The van der Waals surface area contributed by atoms with Crippen LogP contribution in [0.2, 0.25) is 0 Å². The summed E-state index contributed by atoms with van der Waals surface area (Å²) in [6.45, 7) is 1.91. The van der Waals surface area contributed by atoms with E-state index >= 15 is 0 Å². The maximum Gasteiger partial charge on any atom is 0.225 e. The Morgan fingerprint density at radius 3 is 2.89 bits per heavy atom. The first kappa shape index (κ1) is 14.2. The van der Waals surface area contributed by atoms with Gasteiger partial charge in [-0.3, -0.25) is 4.79 Å².